The molecule has 2 aromatic carbocycles. The van der Waals surface area contributed by atoms with Gasteiger partial charge in [-0.05, 0) is 47.7 Å². The predicted molar refractivity (Wildman–Crippen MR) is 109 cm³/mol. The Kier molecular flexibility index (Phi) is 5.22. The molecule has 0 radical (unpaired) electrons. The van der Waals surface area contributed by atoms with Crippen molar-refractivity contribution in [2.45, 2.75) is 6.92 Å². The van der Waals surface area contributed by atoms with Gasteiger partial charge in [0.15, 0.2) is 5.82 Å². The molecule has 10 nitrogen and oxygen atoms in total. The van der Waals surface area contributed by atoms with Gasteiger partial charge in [0.05, 0.1) is 17.9 Å². The van der Waals surface area contributed by atoms with Crippen LogP contribution in [0.25, 0.3) is 16.6 Å². The van der Waals surface area contributed by atoms with E-state index in [4.69, 9.17) is 0 Å². The van der Waals surface area contributed by atoms with Crippen molar-refractivity contribution in [2.75, 3.05) is 11.9 Å². The fraction of sp³-hybridized carbons (Fsp3) is 0.100. The Morgan fingerprint density at radius 2 is 2.00 bits per heavy atom. The van der Waals surface area contributed by atoms with E-state index in [1.807, 2.05) is 0 Å². The number of nitrogens with zero attached hydrogens (tertiary/aromatic N) is 4. The number of anilines is 1. The lowest BCUT2D eigenvalue weighted by molar-refractivity contribution is -0.115. The number of H-pyrrole nitrogens is 1. The summed E-state index contributed by atoms with van der Waals surface area (Å²) in [5.41, 5.74) is 0.354. The van der Waals surface area contributed by atoms with E-state index >= 15 is 0 Å². The zero-order valence-electron chi connectivity index (χ0n) is 16.2. The minimum atomic E-state index is -0.722. The molecular formula is C20H16FN7O3. The topological polar surface area (TPSA) is 135 Å². The number of halogens is 1. The third-order valence-corrected chi connectivity index (χ3v) is 4.54. The number of nitrogens with one attached hydrogen (secondary N) is 3. The Hall–Kier alpha value is -4.41. The molecule has 31 heavy (non-hydrogen) atoms. The lowest BCUT2D eigenvalue weighted by atomic mass is 10.1. The van der Waals surface area contributed by atoms with E-state index < -0.39 is 29.6 Å². The van der Waals surface area contributed by atoms with Gasteiger partial charge in [0.25, 0.3) is 5.91 Å². The summed E-state index contributed by atoms with van der Waals surface area (Å²) in [5, 5.41) is 16.2. The van der Waals surface area contributed by atoms with Crippen LogP contribution in [0.1, 0.15) is 16.2 Å². The standard InChI is InChI=1S/C20H16FN7O3/c1-11-25-26-27-28(11)12-6-7-15(21)17(8-12)24-18(29)10-23-20(31)14-9-22-16-5-3-2-4-13(16)19(14)30/h2-9H,10H2,1H3,(H,22,30)(H,23,31)(H,24,29). The van der Waals surface area contributed by atoms with Gasteiger partial charge >= 0.3 is 0 Å². The normalized spacial score (nSPS) is 10.8. The number of carbonyl (C=O) groups excluding carboxylic acids is 2. The predicted octanol–water partition coefficient (Wildman–Crippen LogP) is 1.32. The van der Waals surface area contributed by atoms with Crippen LogP contribution in [0, 0.1) is 12.7 Å². The molecule has 11 heteroatoms. The number of para-hydroxylation sites is 1. The van der Waals surface area contributed by atoms with Gasteiger partial charge in [-0.25, -0.2) is 4.39 Å². The maximum atomic E-state index is 14.1. The molecule has 0 unspecified atom stereocenters. The van der Waals surface area contributed by atoms with Crippen molar-refractivity contribution in [3.05, 3.63) is 76.1 Å². The molecule has 4 aromatic rings. The second-order valence-electron chi connectivity index (χ2n) is 6.61. The summed E-state index contributed by atoms with van der Waals surface area (Å²) in [6.07, 6.45) is 1.29. The number of tetrazole rings is 1. The number of hydrogen-bond donors (Lipinski definition) is 3. The number of aryl methyl sites for hydroxylation is 1. The maximum Gasteiger partial charge on any atom is 0.257 e. The number of aromatic nitrogens is 5. The summed E-state index contributed by atoms with van der Waals surface area (Å²) in [6.45, 7) is 1.21. The monoisotopic (exact) mass is 421 g/mol. The average Bonchev–Trinajstić information content (AvgIpc) is 3.20. The molecule has 0 spiro atoms. The van der Waals surface area contributed by atoms with Crippen molar-refractivity contribution in [2.24, 2.45) is 0 Å². The highest BCUT2D eigenvalue weighted by Crippen LogP contribution is 2.19. The van der Waals surface area contributed by atoms with Crippen molar-refractivity contribution in [3.63, 3.8) is 0 Å². The average molecular weight is 421 g/mol. The molecule has 0 saturated carbocycles. The number of pyridine rings is 1. The number of aromatic amines is 1. The summed E-state index contributed by atoms with van der Waals surface area (Å²) >= 11 is 0. The summed E-state index contributed by atoms with van der Waals surface area (Å²) in [7, 11) is 0. The van der Waals surface area contributed by atoms with E-state index in [1.165, 1.54) is 29.1 Å². The quantitative estimate of drug-likeness (QED) is 0.445. The molecule has 0 saturated heterocycles. The number of rotatable bonds is 5. The lowest BCUT2D eigenvalue weighted by Crippen LogP contribution is -2.35. The second-order valence-corrected chi connectivity index (χ2v) is 6.61. The van der Waals surface area contributed by atoms with Gasteiger partial charge < -0.3 is 15.6 Å². The summed E-state index contributed by atoms with van der Waals surface area (Å²) in [4.78, 5) is 40.0. The molecular weight excluding hydrogens is 405 g/mol. The van der Waals surface area contributed by atoms with Crippen LogP contribution in [0.4, 0.5) is 10.1 Å². The van der Waals surface area contributed by atoms with E-state index in [1.54, 1.807) is 31.2 Å². The molecule has 0 bridgehead atoms. The molecule has 3 N–H and O–H groups in total. The first-order valence-electron chi connectivity index (χ1n) is 9.17. The van der Waals surface area contributed by atoms with E-state index in [0.29, 0.717) is 22.4 Å². The molecule has 0 atom stereocenters. The fourth-order valence-corrected chi connectivity index (χ4v) is 3.00. The molecule has 0 aliphatic heterocycles. The van der Waals surface area contributed by atoms with Gasteiger partial charge in [-0.3, -0.25) is 14.4 Å². The highest BCUT2D eigenvalue weighted by atomic mass is 19.1. The van der Waals surface area contributed by atoms with Gasteiger partial charge in [0.2, 0.25) is 11.3 Å². The molecule has 156 valence electrons. The van der Waals surface area contributed by atoms with Gasteiger partial charge in [0, 0.05) is 17.1 Å². The van der Waals surface area contributed by atoms with Crippen molar-refractivity contribution in [3.8, 4) is 5.69 Å². The Bertz CT molecular complexity index is 1360. The molecule has 0 aliphatic rings. The van der Waals surface area contributed by atoms with E-state index in [9.17, 15) is 18.8 Å². The number of benzene rings is 2. The van der Waals surface area contributed by atoms with Crippen LogP contribution in [0.3, 0.4) is 0 Å². The van der Waals surface area contributed by atoms with Crippen LogP contribution < -0.4 is 16.1 Å². The highest BCUT2D eigenvalue weighted by Gasteiger charge is 2.15. The zero-order chi connectivity index (χ0) is 22.0. The number of fused-ring (bicyclic) bond motifs is 1. The van der Waals surface area contributed by atoms with Gasteiger partial charge in [0.1, 0.15) is 11.4 Å². The number of amides is 2. The zero-order valence-corrected chi connectivity index (χ0v) is 16.2. The first-order chi connectivity index (χ1) is 14.9. The molecule has 2 heterocycles. The van der Waals surface area contributed by atoms with Gasteiger partial charge in [-0.2, -0.15) is 4.68 Å². The largest absolute Gasteiger partial charge is 0.360 e. The molecule has 0 fully saturated rings. The summed E-state index contributed by atoms with van der Waals surface area (Å²) < 4.78 is 15.5. The van der Waals surface area contributed by atoms with Crippen molar-refractivity contribution >= 4 is 28.4 Å². The first-order valence-corrected chi connectivity index (χ1v) is 9.17. The minimum absolute atomic E-state index is 0.102. The number of hydrogen-bond acceptors (Lipinski definition) is 6. The van der Waals surface area contributed by atoms with Crippen molar-refractivity contribution in [1.82, 2.24) is 30.5 Å². The van der Waals surface area contributed by atoms with Crippen molar-refractivity contribution < 1.29 is 14.0 Å². The third kappa shape index (κ3) is 4.01. The number of carbonyl (C=O) groups is 2. The SMILES string of the molecule is Cc1nnnn1-c1ccc(F)c(NC(=O)CNC(=O)c2c[nH]c3ccccc3c2=O)c1. The summed E-state index contributed by atoms with van der Waals surface area (Å²) in [6, 6.07) is 10.8. The molecule has 2 aromatic heterocycles. The third-order valence-electron chi connectivity index (χ3n) is 4.54. The maximum absolute atomic E-state index is 14.1. The van der Waals surface area contributed by atoms with Crippen LogP contribution in [-0.2, 0) is 4.79 Å². The highest BCUT2D eigenvalue weighted by molar-refractivity contribution is 6.00. The Morgan fingerprint density at radius 3 is 2.77 bits per heavy atom. The lowest BCUT2D eigenvalue weighted by Gasteiger charge is -2.10. The van der Waals surface area contributed by atoms with Crippen LogP contribution in [0.15, 0.2) is 53.5 Å². The van der Waals surface area contributed by atoms with Gasteiger partial charge in [-0.1, -0.05) is 12.1 Å². The van der Waals surface area contributed by atoms with Crippen LogP contribution in [0.5, 0.6) is 0 Å². The van der Waals surface area contributed by atoms with Crippen LogP contribution in [0.2, 0.25) is 0 Å². The Balaban J connectivity index is 1.45. The van der Waals surface area contributed by atoms with Crippen LogP contribution in [-0.4, -0.2) is 43.6 Å². The van der Waals surface area contributed by atoms with E-state index in [2.05, 4.69) is 31.1 Å². The van der Waals surface area contributed by atoms with Crippen molar-refractivity contribution in [1.29, 1.82) is 0 Å². The molecule has 0 aliphatic carbocycles. The molecule has 2 amide bonds. The Morgan fingerprint density at radius 1 is 1.19 bits per heavy atom. The molecule has 4 rings (SSSR count). The fourth-order valence-electron chi connectivity index (χ4n) is 3.00. The first kappa shape index (κ1) is 19.9. The smallest absolute Gasteiger partial charge is 0.257 e. The van der Waals surface area contributed by atoms with E-state index in [-0.39, 0.29) is 11.3 Å². The van der Waals surface area contributed by atoms with Gasteiger partial charge in [-0.15, -0.1) is 5.10 Å². The summed E-state index contributed by atoms with van der Waals surface area (Å²) in [5.74, 6) is -1.58. The van der Waals surface area contributed by atoms with Crippen LogP contribution >= 0.6 is 0 Å². The Labute approximate surface area is 174 Å². The minimum Gasteiger partial charge on any atom is -0.360 e. The van der Waals surface area contributed by atoms with E-state index in [0.717, 1.165) is 0 Å². The second kappa shape index (κ2) is 8.14.